The van der Waals surface area contributed by atoms with Gasteiger partial charge in [0, 0.05) is 39.1 Å². The number of hydrogen-bond acceptors (Lipinski definition) is 3. The van der Waals surface area contributed by atoms with Gasteiger partial charge in [0.25, 0.3) is 0 Å². The second-order valence-electron chi connectivity index (χ2n) is 4.11. The lowest BCUT2D eigenvalue weighted by molar-refractivity contribution is 0.570. The van der Waals surface area contributed by atoms with Crippen molar-refractivity contribution in [3.8, 4) is 0 Å². The fourth-order valence-electron chi connectivity index (χ4n) is 1.68. The van der Waals surface area contributed by atoms with Crippen LogP contribution < -0.4 is 10.6 Å². The van der Waals surface area contributed by atoms with Crippen molar-refractivity contribution in [2.45, 2.75) is 19.5 Å². The van der Waals surface area contributed by atoms with Crippen LogP contribution in [0.25, 0.3) is 0 Å². The standard InChI is InChI=1S/C13H19N5S/c1-14-13(16-10-12-4-9-19-11-12)15-5-2-7-18-8-3-6-17-18/h3-4,6,8-9,11H,2,5,7,10H2,1H3,(H2,14,15,16). The molecule has 0 spiro atoms. The van der Waals surface area contributed by atoms with Gasteiger partial charge >= 0.3 is 0 Å². The van der Waals surface area contributed by atoms with E-state index in [1.807, 2.05) is 16.9 Å². The zero-order chi connectivity index (χ0) is 13.3. The molecule has 19 heavy (non-hydrogen) atoms. The predicted octanol–water partition coefficient (Wildman–Crippen LogP) is 1.70. The van der Waals surface area contributed by atoms with E-state index in [-0.39, 0.29) is 0 Å². The Morgan fingerprint density at radius 3 is 3.11 bits per heavy atom. The minimum absolute atomic E-state index is 0.808. The highest BCUT2D eigenvalue weighted by atomic mass is 32.1. The first-order valence-electron chi connectivity index (χ1n) is 6.31. The molecule has 0 aliphatic rings. The summed E-state index contributed by atoms with van der Waals surface area (Å²) in [5.41, 5.74) is 1.28. The highest BCUT2D eigenvalue weighted by Crippen LogP contribution is 2.04. The average Bonchev–Trinajstić information content (AvgIpc) is 3.11. The lowest BCUT2D eigenvalue weighted by Crippen LogP contribution is -2.37. The van der Waals surface area contributed by atoms with Gasteiger partial charge in [-0.1, -0.05) is 0 Å². The van der Waals surface area contributed by atoms with E-state index in [0.717, 1.165) is 32.0 Å². The summed E-state index contributed by atoms with van der Waals surface area (Å²) in [5, 5.41) is 15.0. The van der Waals surface area contributed by atoms with E-state index < -0.39 is 0 Å². The minimum Gasteiger partial charge on any atom is -0.356 e. The molecule has 2 aromatic heterocycles. The molecule has 0 saturated carbocycles. The third-order valence-electron chi connectivity index (χ3n) is 2.68. The number of rotatable bonds is 6. The topological polar surface area (TPSA) is 54.2 Å². The van der Waals surface area contributed by atoms with Crippen molar-refractivity contribution >= 4 is 17.3 Å². The molecular formula is C13H19N5S. The molecule has 2 aromatic rings. The van der Waals surface area contributed by atoms with Crippen LogP contribution in [-0.2, 0) is 13.1 Å². The fraction of sp³-hybridized carbons (Fsp3) is 0.385. The van der Waals surface area contributed by atoms with Gasteiger partial charge < -0.3 is 10.6 Å². The monoisotopic (exact) mass is 277 g/mol. The van der Waals surface area contributed by atoms with Crippen LogP contribution in [0.3, 0.4) is 0 Å². The Hall–Kier alpha value is -1.82. The molecule has 102 valence electrons. The quantitative estimate of drug-likeness (QED) is 0.480. The number of hydrogen-bond donors (Lipinski definition) is 2. The third-order valence-corrected chi connectivity index (χ3v) is 3.41. The summed E-state index contributed by atoms with van der Waals surface area (Å²) in [5.74, 6) is 0.840. The van der Waals surface area contributed by atoms with E-state index in [1.54, 1.807) is 24.6 Å². The summed E-state index contributed by atoms with van der Waals surface area (Å²) < 4.78 is 1.93. The molecule has 0 unspecified atom stereocenters. The minimum atomic E-state index is 0.808. The lowest BCUT2D eigenvalue weighted by Gasteiger charge is -2.11. The van der Waals surface area contributed by atoms with E-state index >= 15 is 0 Å². The van der Waals surface area contributed by atoms with Gasteiger partial charge in [0.05, 0.1) is 0 Å². The van der Waals surface area contributed by atoms with Crippen LogP contribution in [0.4, 0.5) is 0 Å². The molecule has 0 aliphatic carbocycles. The van der Waals surface area contributed by atoms with Crippen LogP contribution in [-0.4, -0.2) is 29.3 Å². The lowest BCUT2D eigenvalue weighted by atomic mass is 10.3. The van der Waals surface area contributed by atoms with E-state index in [4.69, 9.17) is 0 Å². The molecule has 0 radical (unpaired) electrons. The first-order chi connectivity index (χ1) is 9.38. The van der Waals surface area contributed by atoms with Gasteiger partial charge in [0.1, 0.15) is 0 Å². The van der Waals surface area contributed by atoms with Crippen LogP contribution >= 0.6 is 11.3 Å². The maximum absolute atomic E-state index is 4.20. The van der Waals surface area contributed by atoms with E-state index in [9.17, 15) is 0 Å². The molecule has 0 aromatic carbocycles. The summed E-state index contributed by atoms with van der Waals surface area (Å²) in [6, 6.07) is 4.05. The van der Waals surface area contributed by atoms with Gasteiger partial charge in [-0.25, -0.2) is 0 Å². The Bertz CT molecular complexity index is 475. The summed E-state index contributed by atoms with van der Waals surface area (Å²) in [6.45, 7) is 2.60. The molecule has 0 saturated heterocycles. The smallest absolute Gasteiger partial charge is 0.191 e. The molecular weight excluding hydrogens is 258 g/mol. The SMILES string of the molecule is CN=C(NCCCn1cccn1)NCc1ccsc1. The Labute approximate surface area is 117 Å². The van der Waals surface area contributed by atoms with Gasteiger partial charge in [-0.2, -0.15) is 16.4 Å². The van der Waals surface area contributed by atoms with Crippen molar-refractivity contribution in [2.75, 3.05) is 13.6 Å². The molecule has 6 heteroatoms. The third kappa shape index (κ3) is 4.75. The van der Waals surface area contributed by atoms with Crippen LogP contribution in [0.2, 0.25) is 0 Å². The normalized spacial score (nSPS) is 11.5. The van der Waals surface area contributed by atoms with Crippen molar-refractivity contribution in [1.82, 2.24) is 20.4 Å². The molecule has 2 rings (SSSR count). The molecule has 0 amide bonds. The second-order valence-corrected chi connectivity index (χ2v) is 4.89. The van der Waals surface area contributed by atoms with Crippen LogP contribution in [0, 0.1) is 0 Å². The van der Waals surface area contributed by atoms with Gasteiger partial charge in [-0.15, -0.1) is 0 Å². The summed E-state index contributed by atoms with van der Waals surface area (Å²) in [6.07, 6.45) is 4.79. The second kappa shape index (κ2) is 7.58. The Morgan fingerprint density at radius 1 is 1.47 bits per heavy atom. The van der Waals surface area contributed by atoms with Crippen molar-refractivity contribution < 1.29 is 0 Å². The van der Waals surface area contributed by atoms with Crippen molar-refractivity contribution in [3.05, 3.63) is 40.8 Å². The highest BCUT2D eigenvalue weighted by Gasteiger charge is 1.98. The molecule has 0 fully saturated rings. The average molecular weight is 277 g/mol. The highest BCUT2D eigenvalue weighted by molar-refractivity contribution is 7.07. The van der Waals surface area contributed by atoms with E-state index in [1.165, 1.54) is 5.56 Å². The number of aliphatic imine (C=N–C) groups is 1. The fourth-order valence-corrected chi connectivity index (χ4v) is 2.35. The zero-order valence-corrected chi connectivity index (χ0v) is 11.9. The zero-order valence-electron chi connectivity index (χ0n) is 11.0. The molecule has 0 aliphatic heterocycles. The Kier molecular flexibility index (Phi) is 5.43. The van der Waals surface area contributed by atoms with Crippen molar-refractivity contribution in [2.24, 2.45) is 4.99 Å². The van der Waals surface area contributed by atoms with Crippen LogP contribution in [0.15, 0.2) is 40.3 Å². The molecule has 5 nitrogen and oxygen atoms in total. The molecule has 2 N–H and O–H groups in total. The number of aromatic nitrogens is 2. The summed E-state index contributed by atoms with van der Waals surface area (Å²) in [4.78, 5) is 4.20. The van der Waals surface area contributed by atoms with Gasteiger partial charge in [-0.05, 0) is 34.9 Å². The maximum Gasteiger partial charge on any atom is 0.191 e. The first kappa shape index (κ1) is 13.6. The number of aryl methyl sites for hydroxylation is 1. The van der Waals surface area contributed by atoms with Crippen molar-refractivity contribution in [1.29, 1.82) is 0 Å². The molecule has 2 heterocycles. The number of thiophene rings is 1. The summed E-state index contributed by atoms with van der Waals surface area (Å²) >= 11 is 1.71. The first-order valence-corrected chi connectivity index (χ1v) is 7.26. The Balaban J connectivity index is 1.62. The van der Waals surface area contributed by atoms with Gasteiger partial charge in [-0.3, -0.25) is 9.67 Å². The van der Waals surface area contributed by atoms with E-state index in [0.29, 0.717) is 0 Å². The van der Waals surface area contributed by atoms with Gasteiger partial charge in [0.15, 0.2) is 5.96 Å². The molecule has 0 bridgehead atoms. The predicted molar refractivity (Wildman–Crippen MR) is 79.4 cm³/mol. The Morgan fingerprint density at radius 2 is 2.42 bits per heavy atom. The van der Waals surface area contributed by atoms with E-state index in [2.05, 4.69) is 37.6 Å². The number of nitrogens with zero attached hydrogens (tertiary/aromatic N) is 3. The molecule has 0 atom stereocenters. The van der Waals surface area contributed by atoms with Crippen LogP contribution in [0.1, 0.15) is 12.0 Å². The largest absolute Gasteiger partial charge is 0.356 e. The van der Waals surface area contributed by atoms with Crippen LogP contribution in [0.5, 0.6) is 0 Å². The van der Waals surface area contributed by atoms with Gasteiger partial charge in [0.2, 0.25) is 0 Å². The maximum atomic E-state index is 4.20. The number of nitrogens with one attached hydrogen (secondary N) is 2. The van der Waals surface area contributed by atoms with Crippen molar-refractivity contribution in [3.63, 3.8) is 0 Å². The summed E-state index contributed by atoms with van der Waals surface area (Å²) in [7, 11) is 1.79. The number of guanidine groups is 1.